The number of aromatic nitrogens is 1. The van der Waals surface area contributed by atoms with Gasteiger partial charge in [0, 0.05) is 36.0 Å². The van der Waals surface area contributed by atoms with E-state index in [4.69, 9.17) is 9.94 Å². The largest absolute Gasteiger partial charge is 0.493 e. The number of benzene rings is 4. The third-order valence-corrected chi connectivity index (χ3v) is 7.10. The molecule has 0 unspecified atom stereocenters. The first-order chi connectivity index (χ1) is 19.0. The van der Waals surface area contributed by atoms with Crippen LogP contribution in [0.25, 0.3) is 27.1 Å². The highest BCUT2D eigenvalue weighted by Crippen LogP contribution is 2.30. The van der Waals surface area contributed by atoms with Gasteiger partial charge in [-0.15, -0.1) is 0 Å². The highest BCUT2D eigenvalue weighted by molar-refractivity contribution is 7.22. The van der Waals surface area contributed by atoms with Crippen LogP contribution in [-0.2, 0) is 0 Å². The molecule has 1 heterocycles. The third kappa shape index (κ3) is 6.20. The summed E-state index contributed by atoms with van der Waals surface area (Å²) in [5.41, 5.74) is 4.61. The second-order valence-electron chi connectivity index (χ2n) is 8.72. The number of nitrogens with zero attached hydrogens (tertiary/aromatic N) is 2. The Morgan fingerprint density at radius 3 is 2.64 bits per heavy atom. The first kappa shape index (κ1) is 25.8. The van der Waals surface area contributed by atoms with Gasteiger partial charge in [-0.2, -0.15) is 0 Å². The summed E-state index contributed by atoms with van der Waals surface area (Å²) >= 11 is 1.35. The molecular weight excluding hydrogens is 516 g/mol. The lowest BCUT2D eigenvalue weighted by Crippen LogP contribution is -2.18. The van der Waals surface area contributed by atoms with Crippen LogP contribution in [0, 0.1) is 10.1 Å². The van der Waals surface area contributed by atoms with E-state index in [0.717, 1.165) is 32.4 Å². The fraction of sp³-hybridized carbons (Fsp3) is 0.103. The Bertz CT molecular complexity index is 1680. The number of thiazole rings is 1. The molecule has 0 spiro atoms. The van der Waals surface area contributed by atoms with Crippen molar-refractivity contribution in [3.63, 3.8) is 0 Å². The molecule has 39 heavy (non-hydrogen) atoms. The Labute approximate surface area is 227 Å². The number of hydroxylamine groups is 1. The number of anilines is 1. The second kappa shape index (κ2) is 11.7. The van der Waals surface area contributed by atoms with E-state index < -0.39 is 10.8 Å². The second-order valence-corrected chi connectivity index (χ2v) is 9.75. The summed E-state index contributed by atoms with van der Waals surface area (Å²) in [5.74, 6) is 0.236. The van der Waals surface area contributed by atoms with Crippen molar-refractivity contribution in [2.45, 2.75) is 6.42 Å². The molecule has 0 radical (unpaired) electrons. The summed E-state index contributed by atoms with van der Waals surface area (Å²) in [7, 11) is 0. The van der Waals surface area contributed by atoms with Crippen LogP contribution in [0.3, 0.4) is 0 Å². The van der Waals surface area contributed by atoms with Crippen LogP contribution in [0.4, 0.5) is 10.8 Å². The number of nitrogens with one attached hydrogen (secondary N) is 2. The normalized spacial score (nSPS) is 11.5. The maximum Gasteiger partial charge on any atom is 0.274 e. The van der Waals surface area contributed by atoms with E-state index >= 15 is 0 Å². The van der Waals surface area contributed by atoms with Gasteiger partial charge < -0.3 is 10.1 Å². The Hall–Kier alpha value is -4.80. The number of carbonyl (C=O) groups is 1. The molecule has 0 aliphatic heterocycles. The maximum atomic E-state index is 11.7. The van der Waals surface area contributed by atoms with Crippen molar-refractivity contribution >= 4 is 55.1 Å². The fourth-order valence-electron chi connectivity index (χ4n) is 4.15. The van der Waals surface area contributed by atoms with Crippen molar-refractivity contribution in [1.29, 1.82) is 0 Å². The number of hydrogen-bond acceptors (Lipinski definition) is 8. The number of hydrogen-bond donors (Lipinski definition) is 3. The predicted molar refractivity (Wildman–Crippen MR) is 152 cm³/mol. The molecule has 0 bridgehead atoms. The molecule has 4 aromatic carbocycles. The molecule has 0 fully saturated rings. The van der Waals surface area contributed by atoms with Gasteiger partial charge in [-0.05, 0) is 40.8 Å². The molecule has 9 nitrogen and oxygen atoms in total. The van der Waals surface area contributed by atoms with Crippen molar-refractivity contribution in [3.8, 4) is 5.75 Å². The number of ether oxygens (including phenoxy) is 1. The molecule has 5 rings (SSSR count). The van der Waals surface area contributed by atoms with Gasteiger partial charge in [-0.3, -0.25) is 20.1 Å². The zero-order valence-electron chi connectivity index (χ0n) is 20.7. The number of nitro benzene ring substituents is 1. The van der Waals surface area contributed by atoms with Crippen molar-refractivity contribution in [2.75, 3.05) is 18.5 Å². The fourth-order valence-corrected chi connectivity index (χ4v) is 5.04. The molecule has 0 aliphatic carbocycles. The van der Waals surface area contributed by atoms with Gasteiger partial charge in [0.15, 0.2) is 5.13 Å². The monoisotopic (exact) mass is 540 g/mol. The molecule has 1 amide bonds. The van der Waals surface area contributed by atoms with Gasteiger partial charge >= 0.3 is 0 Å². The third-order valence-electron chi connectivity index (χ3n) is 6.13. The van der Waals surface area contributed by atoms with Crippen LogP contribution in [0.1, 0.15) is 22.3 Å². The Kier molecular flexibility index (Phi) is 7.76. The van der Waals surface area contributed by atoms with Crippen molar-refractivity contribution in [2.24, 2.45) is 0 Å². The minimum Gasteiger partial charge on any atom is -0.493 e. The molecule has 0 aliphatic rings. The summed E-state index contributed by atoms with van der Waals surface area (Å²) in [6.07, 6.45) is 2.63. The molecule has 0 saturated carbocycles. The first-order valence-corrected chi connectivity index (χ1v) is 13.0. The molecule has 196 valence electrons. The van der Waals surface area contributed by atoms with Crippen LogP contribution < -0.4 is 15.5 Å². The lowest BCUT2D eigenvalue weighted by atomic mass is 10.1. The van der Waals surface area contributed by atoms with Crippen molar-refractivity contribution in [1.82, 2.24) is 10.5 Å². The summed E-state index contributed by atoms with van der Waals surface area (Å²) in [4.78, 5) is 26.9. The van der Waals surface area contributed by atoms with Crippen molar-refractivity contribution < 1.29 is 19.7 Å². The smallest absolute Gasteiger partial charge is 0.274 e. The maximum absolute atomic E-state index is 11.7. The zero-order valence-corrected chi connectivity index (χ0v) is 21.5. The average molecular weight is 541 g/mol. The van der Waals surface area contributed by atoms with E-state index in [1.165, 1.54) is 23.5 Å². The Morgan fingerprint density at radius 1 is 1.05 bits per heavy atom. The van der Waals surface area contributed by atoms with E-state index in [9.17, 15) is 14.9 Å². The van der Waals surface area contributed by atoms with E-state index in [2.05, 4.69) is 10.3 Å². The molecule has 5 aromatic rings. The van der Waals surface area contributed by atoms with E-state index in [0.29, 0.717) is 35.8 Å². The average Bonchev–Trinajstić information content (AvgIpc) is 3.38. The van der Waals surface area contributed by atoms with E-state index in [1.54, 1.807) is 35.8 Å². The van der Waals surface area contributed by atoms with Crippen LogP contribution in [0.2, 0.25) is 0 Å². The highest BCUT2D eigenvalue weighted by atomic mass is 32.1. The Morgan fingerprint density at radius 2 is 1.85 bits per heavy atom. The molecule has 0 saturated heterocycles. The standard InChI is InChI=1S/C29H24N4O5S/c34-28(32-35)22-10-8-19(9-11-22)16-20(14-15-38-26-7-3-5-21-4-1-2-6-24(21)26)18-30-29-31-25-13-12-23(33(36)37)17-27(25)39-29/h1-13,16-17,35H,14-15,18H2,(H,30,31)(H,32,34)/b20-16+. The lowest BCUT2D eigenvalue weighted by molar-refractivity contribution is -0.384. The molecule has 3 N–H and O–H groups in total. The lowest BCUT2D eigenvalue weighted by Gasteiger charge is -2.12. The number of fused-ring (bicyclic) bond motifs is 2. The van der Waals surface area contributed by atoms with Crippen molar-refractivity contribution in [3.05, 3.63) is 112 Å². The van der Waals surface area contributed by atoms with Crippen LogP contribution in [-0.4, -0.2) is 34.2 Å². The SMILES string of the molecule is O=C(NO)c1ccc(/C=C(\CCOc2cccc3ccccc23)CNc2nc3ccc([N+](=O)[O-])cc3s2)cc1. The molecular formula is C29H24N4O5S. The van der Waals surface area contributed by atoms with Gasteiger partial charge in [-0.1, -0.05) is 65.9 Å². The highest BCUT2D eigenvalue weighted by Gasteiger charge is 2.11. The summed E-state index contributed by atoms with van der Waals surface area (Å²) in [5, 5.41) is 26.1. The van der Waals surface area contributed by atoms with Crippen LogP contribution in [0.5, 0.6) is 5.75 Å². The predicted octanol–water partition coefficient (Wildman–Crippen LogP) is 6.44. The topological polar surface area (TPSA) is 127 Å². The van der Waals surface area contributed by atoms with Gasteiger partial charge in [0.25, 0.3) is 11.6 Å². The minimum atomic E-state index is -0.577. The van der Waals surface area contributed by atoms with E-state index in [1.807, 2.05) is 48.5 Å². The summed E-state index contributed by atoms with van der Waals surface area (Å²) in [6.45, 7) is 0.915. The summed E-state index contributed by atoms with van der Waals surface area (Å²) in [6, 6.07) is 25.5. The van der Waals surface area contributed by atoms with Gasteiger partial charge in [0.2, 0.25) is 0 Å². The number of carbonyl (C=O) groups excluding carboxylic acids is 1. The quantitative estimate of drug-likeness (QED) is 0.106. The van der Waals surface area contributed by atoms with Gasteiger partial charge in [0.05, 0.1) is 21.7 Å². The minimum absolute atomic E-state index is 0.0298. The van der Waals surface area contributed by atoms with Gasteiger partial charge in [-0.25, -0.2) is 10.5 Å². The van der Waals surface area contributed by atoms with E-state index in [-0.39, 0.29) is 5.69 Å². The first-order valence-electron chi connectivity index (χ1n) is 12.1. The van der Waals surface area contributed by atoms with Crippen LogP contribution >= 0.6 is 11.3 Å². The number of nitro groups is 1. The molecule has 1 aromatic heterocycles. The zero-order chi connectivity index (χ0) is 27.2. The number of rotatable bonds is 10. The van der Waals surface area contributed by atoms with Gasteiger partial charge in [0.1, 0.15) is 5.75 Å². The molecule has 10 heteroatoms. The van der Waals surface area contributed by atoms with Crippen LogP contribution in [0.15, 0.2) is 90.5 Å². The molecule has 0 atom stereocenters. The number of amides is 1. The summed E-state index contributed by atoms with van der Waals surface area (Å²) < 4.78 is 6.89. The number of non-ortho nitro benzene ring substituents is 1. The Balaban J connectivity index is 1.33.